The summed E-state index contributed by atoms with van der Waals surface area (Å²) in [6.45, 7) is 4.08. The minimum absolute atomic E-state index is 0.198. The van der Waals surface area contributed by atoms with Gasteiger partial charge in [0.1, 0.15) is 0 Å². The van der Waals surface area contributed by atoms with E-state index in [2.05, 4.69) is 37.1 Å². The van der Waals surface area contributed by atoms with Crippen LogP contribution in [0.15, 0.2) is 24.3 Å². The Balaban J connectivity index is 1.74. The van der Waals surface area contributed by atoms with Gasteiger partial charge in [-0.25, -0.2) is 0 Å². The molecule has 3 nitrogen and oxygen atoms in total. The molecule has 3 heteroatoms. The first-order chi connectivity index (χ1) is 9.66. The summed E-state index contributed by atoms with van der Waals surface area (Å²) < 4.78 is 5.72. The van der Waals surface area contributed by atoms with E-state index in [0.29, 0.717) is 12.0 Å². The predicted molar refractivity (Wildman–Crippen MR) is 79.8 cm³/mol. The number of nitrogens with zero attached hydrogens (tertiary/aromatic N) is 1. The van der Waals surface area contributed by atoms with Crippen molar-refractivity contribution in [1.29, 1.82) is 0 Å². The summed E-state index contributed by atoms with van der Waals surface area (Å²) in [6, 6.07) is 8.52. The van der Waals surface area contributed by atoms with E-state index in [9.17, 15) is 5.11 Å². The van der Waals surface area contributed by atoms with Crippen LogP contribution in [0.3, 0.4) is 0 Å². The Kier molecular flexibility index (Phi) is 4.11. The molecule has 1 N–H and O–H groups in total. The maximum atomic E-state index is 10.7. The van der Waals surface area contributed by atoms with E-state index in [4.69, 9.17) is 4.74 Å². The Labute approximate surface area is 121 Å². The molecule has 1 aliphatic heterocycles. The first-order valence-electron chi connectivity index (χ1n) is 7.75. The SMILES string of the molecule is CC1CC(N(C)CC2CCCO2)C(O)c2ccccc21. The molecule has 3 rings (SSSR count). The number of hydrogen-bond acceptors (Lipinski definition) is 3. The van der Waals surface area contributed by atoms with Gasteiger partial charge in [-0.1, -0.05) is 31.2 Å². The molecule has 20 heavy (non-hydrogen) atoms. The molecule has 1 heterocycles. The monoisotopic (exact) mass is 275 g/mol. The molecular weight excluding hydrogens is 250 g/mol. The molecule has 1 fully saturated rings. The van der Waals surface area contributed by atoms with Crippen LogP contribution < -0.4 is 0 Å². The van der Waals surface area contributed by atoms with E-state index < -0.39 is 0 Å². The molecule has 1 aromatic carbocycles. The Bertz CT molecular complexity index is 456. The van der Waals surface area contributed by atoms with Crippen molar-refractivity contribution in [3.05, 3.63) is 35.4 Å². The van der Waals surface area contributed by atoms with Gasteiger partial charge in [-0.3, -0.25) is 4.90 Å². The molecular formula is C17H25NO2. The zero-order chi connectivity index (χ0) is 14.1. The number of likely N-dealkylation sites (N-methyl/N-ethyl adjacent to an activating group) is 1. The molecule has 4 atom stereocenters. The second kappa shape index (κ2) is 5.84. The van der Waals surface area contributed by atoms with E-state index in [1.54, 1.807) is 0 Å². The molecule has 1 aromatic rings. The van der Waals surface area contributed by atoms with Crippen LogP contribution in [0.25, 0.3) is 0 Å². The molecule has 0 aromatic heterocycles. The zero-order valence-corrected chi connectivity index (χ0v) is 12.5. The van der Waals surface area contributed by atoms with Crippen molar-refractivity contribution in [3.8, 4) is 0 Å². The molecule has 4 unspecified atom stereocenters. The lowest BCUT2D eigenvalue weighted by molar-refractivity contribution is 0.0119. The van der Waals surface area contributed by atoms with Gasteiger partial charge in [-0.2, -0.15) is 0 Å². The average Bonchev–Trinajstić information content (AvgIpc) is 2.95. The first-order valence-corrected chi connectivity index (χ1v) is 7.75. The molecule has 1 aliphatic carbocycles. The molecule has 0 spiro atoms. The van der Waals surface area contributed by atoms with Gasteiger partial charge in [0.15, 0.2) is 0 Å². The number of aliphatic hydroxyl groups is 1. The summed E-state index contributed by atoms with van der Waals surface area (Å²) >= 11 is 0. The average molecular weight is 275 g/mol. The van der Waals surface area contributed by atoms with Gasteiger partial charge in [0.25, 0.3) is 0 Å². The highest BCUT2D eigenvalue weighted by molar-refractivity contribution is 5.35. The van der Waals surface area contributed by atoms with Crippen LogP contribution in [0, 0.1) is 0 Å². The largest absolute Gasteiger partial charge is 0.387 e. The molecule has 0 saturated carbocycles. The van der Waals surface area contributed by atoms with Crippen molar-refractivity contribution in [3.63, 3.8) is 0 Å². The van der Waals surface area contributed by atoms with E-state index >= 15 is 0 Å². The van der Waals surface area contributed by atoms with Crippen molar-refractivity contribution in [2.75, 3.05) is 20.2 Å². The topological polar surface area (TPSA) is 32.7 Å². The molecule has 0 bridgehead atoms. The van der Waals surface area contributed by atoms with Gasteiger partial charge in [0, 0.05) is 19.2 Å². The van der Waals surface area contributed by atoms with Crippen LogP contribution >= 0.6 is 0 Å². The lowest BCUT2D eigenvalue weighted by atomic mass is 9.79. The van der Waals surface area contributed by atoms with Gasteiger partial charge in [0.05, 0.1) is 12.2 Å². The fourth-order valence-electron chi connectivity index (χ4n) is 3.72. The van der Waals surface area contributed by atoms with E-state index in [0.717, 1.165) is 31.6 Å². The van der Waals surface area contributed by atoms with Crippen molar-refractivity contribution in [1.82, 2.24) is 4.90 Å². The fourth-order valence-corrected chi connectivity index (χ4v) is 3.72. The summed E-state index contributed by atoms with van der Waals surface area (Å²) in [5.74, 6) is 0.506. The highest BCUT2D eigenvalue weighted by atomic mass is 16.5. The Morgan fingerprint density at radius 3 is 2.75 bits per heavy atom. The summed E-state index contributed by atoms with van der Waals surface area (Å²) in [7, 11) is 2.12. The maximum absolute atomic E-state index is 10.7. The summed E-state index contributed by atoms with van der Waals surface area (Å²) in [6.07, 6.45) is 3.31. The van der Waals surface area contributed by atoms with Crippen LogP contribution in [0.5, 0.6) is 0 Å². The van der Waals surface area contributed by atoms with Crippen molar-refractivity contribution in [2.24, 2.45) is 0 Å². The lowest BCUT2D eigenvalue weighted by Crippen LogP contribution is -2.43. The minimum Gasteiger partial charge on any atom is -0.387 e. The predicted octanol–water partition coefficient (Wildman–Crippen LogP) is 2.71. The zero-order valence-electron chi connectivity index (χ0n) is 12.5. The van der Waals surface area contributed by atoms with Gasteiger partial charge in [0.2, 0.25) is 0 Å². The second-order valence-corrected chi connectivity index (χ2v) is 6.35. The molecule has 0 amide bonds. The lowest BCUT2D eigenvalue weighted by Gasteiger charge is -2.40. The molecule has 1 saturated heterocycles. The third-order valence-electron chi connectivity index (χ3n) is 4.89. The van der Waals surface area contributed by atoms with Crippen LogP contribution in [-0.2, 0) is 4.74 Å². The number of fused-ring (bicyclic) bond motifs is 1. The van der Waals surface area contributed by atoms with Gasteiger partial charge in [-0.15, -0.1) is 0 Å². The van der Waals surface area contributed by atoms with Crippen LogP contribution in [0.4, 0.5) is 0 Å². The van der Waals surface area contributed by atoms with Crippen LogP contribution in [0.2, 0.25) is 0 Å². The number of ether oxygens (including phenoxy) is 1. The minimum atomic E-state index is -0.381. The third kappa shape index (κ3) is 2.62. The first kappa shape index (κ1) is 14.1. The summed E-state index contributed by atoms with van der Waals surface area (Å²) in [5, 5.41) is 10.7. The molecule has 2 aliphatic rings. The van der Waals surface area contributed by atoms with Crippen LogP contribution in [0.1, 0.15) is 49.3 Å². The van der Waals surface area contributed by atoms with E-state index in [1.807, 2.05) is 6.07 Å². The second-order valence-electron chi connectivity index (χ2n) is 6.35. The van der Waals surface area contributed by atoms with Crippen molar-refractivity contribution in [2.45, 2.75) is 50.4 Å². The van der Waals surface area contributed by atoms with E-state index in [-0.39, 0.29) is 12.1 Å². The van der Waals surface area contributed by atoms with Gasteiger partial charge < -0.3 is 9.84 Å². The molecule has 110 valence electrons. The standard InChI is InChI=1S/C17H25NO2/c1-12-10-16(18(2)11-13-6-5-9-20-13)17(19)15-8-4-3-7-14(12)15/h3-4,7-8,12-13,16-17,19H,5-6,9-11H2,1-2H3. The number of hydrogen-bond donors (Lipinski definition) is 1. The smallest absolute Gasteiger partial charge is 0.0948 e. The summed E-state index contributed by atoms with van der Waals surface area (Å²) in [4.78, 5) is 2.30. The quantitative estimate of drug-likeness (QED) is 0.920. The molecule has 0 radical (unpaired) electrons. The Morgan fingerprint density at radius 1 is 1.30 bits per heavy atom. The Morgan fingerprint density at radius 2 is 2.05 bits per heavy atom. The maximum Gasteiger partial charge on any atom is 0.0948 e. The van der Waals surface area contributed by atoms with Crippen molar-refractivity contribution >= 4 is 0 Å². The van der Waals surface area contributed by atoms with Gasteiger partial charge >= 0.3 is 0 Å². The Hall–Kier alpha value is -0.900. The fraction of sp³-hybridized carbons (Fsp3) is 0.647. The third-order valence-corrected chi connectivity index (χ3v) is 4.89. The summed E-state index contributed by atoms with van der Waals surface area (Å²) in [5.41, 5.74) is 2.41. The highest BCUT2D eigenvalue weighted by Crippen LogP contribution is 2.39. The van der Waals surface area contributed by atoms with Crippen molar-refractivity contribution < 1.29 is 9.84 Å². The number of rotatable bonds is 3. The number of benzene rings is 1. The van der Waals surface area contributed by atoms with E-state index in [1.165, 1.54) is 12.0 Å². The highest BCUT2D eigenvalue weighted by Gasteiger charge is 2.35. The number of aliphatic hydroxyl groups excluding tert-OH is 1. The van der Waals surface area contributed by atoms with Crippen LogP contribution in [-0.4, -0.2) is 42.4 Å². The normalized spacial score (nSPS) is 33.4. The van der Waals surface area contributed by atoms with Gasteiger partial charge in [-0.05, 0) is 43.4 Å².